The Bertz CT molecular complexity index is 451. The number of methoxy groups -OCH3 is 2. The second-order valence-corrected chi connectivity index (χ2v) is 6.41. The van der Waals surface area contributed by atoms with Gasteiger partial charge in [-0.25, -0.2) is 0 Å². The highest BCUT2D eigenvalue weighted by molar-refractivity contribution is 5.42. The van der Waals surface area contributed by atoms with Crippen LogP contribution in [0, 0.1) is 11.8 Å². The molecule has 1 aromatic rings. The van der Waals surface area contributed by atoms with E-state index in [1.165, 1.54) is 24.8 Å². The maximum Gasteiger partial charge on any atom is 0.127 e. The van der Waals surface area contributed by atoms with Gasteiger partial charge in [-0.2, -0.15) is 0 Å². The Balaban J connectivity index is 2.14. The molecule has 118 valence electrons. The first-order valence-electron chi connectivity index (χ1n) is 8.04. The van der Waals surface area contributed by atoms with Crippen LogP contribution in [0.15, 0.2) is 18.2 Å². The number of hydrogen-bond acceptors (Lipinski definition) is 3. The zero-order chi connectivity index (χ0) is 15.4. The molecule has 0 saturated heterocycles. The standard InChI is InChI=1S/C18H29NO2/c1-12-7-6-8-13(2)18(12)19-14(3)16-10-9-15(20-4)11-17(16)21-5/h9-14,18-19H,6-8H2,1-5H3. The highest BCUT2D eigenvalue weighted by atomic mass is 16.5. The van der Waals surface area contributed by atoms with E-state index in [1.54, 1.807) is 14.2 Å². The summed E-state index contributed by atoms with van der Waals surface area (Å²) in [4.78, 5) is 0. The van der Waals surface area contributed by atoms with E-state index in [-0.39, 0.29) is 6.04 Å². The summed E-state index contributed by atoms with van der Waals surface area (Å²) in [6.07, 6.45) is 4.02. The van der Waals surface area contributed by atoms with E-state index < -0.39 is 0 Å². The molecule has 3 heteroatoms. The van der Waals surface area contributed by atoms with Crippen molar-refractivity contribution in [2.75, 3.05) is 14.2 Å². The quantitative estimate of drug-likeness (QED) is 0.883. The van der Waals surface area contributed by atoms with Crippen LogP contribution in [0.1, 0.15) is 51.6 Å². The lowest BCUT2D eigenvalue weighted by molar-refractivity contribution is 0.195. The molecule has 0 amide bonds. The molecule has 0 aromatic heterocycles. The molecule has 0 radical (unpaired) electrons. The van der Waals surface area contributed by atoms with E-state index in [1.807, 2.05) is 12.1 Å². The third-order valence-electron chi connectivity index (χ3n) is 4.89. The van der Waals surface area contributed by atoms with Crippen LogP contribution < -0.4 is 14.8 Å². The van der Waals surface area contributed by atoms with Gasteiger partial charge in [-0.3, -0.25) is 0 Å². The van der Waals surface area contributed by atoms with Crippen molar-refractivity contribution in [3.05, 3.63) is 23.8 Å². The zero-order valence-electron chi connectivity index (χ0n) is 14.0. The van der Waals surface area contributed by atoms with Crippen LogP contribution in [0.3, 0.4) is 0 Å². The molecule has 0 bridgehead atoms. The molecule has 21 heavy (non-hydrogen) atoms. The lowest BCUT2D eigenvalue weighted by atomic mass is 9.78. The van der Waals surface area contributed by atoms with Gasteiger partial charge in [0.1, 0.15) is 11.5 Å². The van der Waals surface area contributed by atoms with Crippen molar-refractivity contribution >= 4 is 0 Å². The molecular weight excluding hydrogens is 262 g/mol. The van der Waals surface area contributed by atoms with E-state index in [4.69, 9.17) is 9.47 Å². The first kappa shape index (κ1) is 16.2. The Labute approximate surface area is 129 Å². The molecule has 2 rings (SSSR count). The van der Waals surface area contributed by atoms with E-state index >= 15 is 0 Å². The molecular formula is C18H29NO2. The Morgan fingerprint density at radius 1 is 1.10 bits per heavy atom. The van der Waals surface area contributed by atoms with Gasteiger partial charge in [-0.15, -0.1) is 0 Å². The van der Waals surface area contributed by atoms with Gasteiger partial charge in [0.15, 0.2) is 0 Å². The maximum atomic E-state index is 5.53. The van der Waals surface area contributed by atoms with Crippen LogP contribution in [-0.2, 0) is 0 Å². The van der Waals surface area contributed by atoms with Gasteiger partial charge >= 0.3 is 0 Å². The SMILES string of the molecule is COc1ccc(C(C)NC2C(C)CCCC2C)c(OC)c1. The summed E-state index contributed by atoms with van der Waals surface area (Å²) in [5.41, 5.74) is 1.20. The molecule has 1 fully saturated rings. The van der Waals surface area contributed by atoms with Gasteiger partial charge in [-0.05, 0) is 37.7 Å². The topological polar surface area (TPSA) is 30.5 Å². The van der Waals surface area contributed by atoms with E-state index in [0.717, 1.165) is 23.3 Å². The Morgan fingerprint density at radius 3 is 2.33 bits per heavy atom. The molecule has 1 aliphatic rings. The average Bonchev–Trinajstić information content (AvgIpc) is 2.50. The molecule has 3 atom stereocenters. The van der Waals surface area contributed by atoms with Gasteiger partial charge in [0, 0.05) is 23.7 Å². The highest BCUT2D eigenvalue weighted by Gasteiger charge is 2.29. The van der Waals surface area contributed by atoms with Crippen molar-refractivity contribution in [2.24, 2.45) is 11.8 Å². The van der Waals surface area contributed by atoms with E-state index in [2.05, 4.69) is 32.2 Å². The summed E-state index contributed by atoms with van der Waals surface area (Å²) < 4.78 is 10.8. The Kier molecular flexibility index (Phi) is 5.51. The van der Waals surface area contributed by atoms with Crippen molar-refractivity contribution in [2.45, 2.75) is 52.1 Å². The fourth-order valence-electron chi connectivity index (χ4n) is 3.56. The number of rotatable bonds is 5. The third-order valence-corrected chi connectivity index (χ3v) is 4.89. The van der Waals surface area contributed by atoms with Gasteiger partial charge < -0.3 is 14.8 Å². The van der Waals surface area contributed by atoms with Gasteiger partial charge in [-0.1, -0.05) is 26.3 Å². The minimum atomic E-state index is 0.277. The molecule has 0 spiro atoms. The molecule has 1 N–H and O–H groups in total. The summed E-state index contributed by atoms with van der Waals surface area (Å²) in [6, 6.07) is 6.93. The van der Waals surface area contributed by atoms with Gasteiger partial charge in [0.25, 0.3) is 0 Å². The summed E-state index contributed by atoms with van der Waals surface area (Å²) in [5.74, 6) is 3.20. The summed E-state index contributed by atoms with van der Waals surface area (Å²) >= 11 is 0. The van der Waals surface area contributed by atoms with Crippen molar-refractivity contribution in [3.63, 3.8) is 0 Å². The van der Waals surface area contributed by atoms with Gasteiger partial charge in [0.2, 0.25) is 0 Å². The second kappa shape index (κ2) is 7.17. The van der Waals surface area contributed by atoms with Crippen molar-refractivity contribution in [1.29, 1.82) is 0 Å². The number of benzene rings is 1. The molecule has 1 saturated carbocycles. The lowest BCUT2D eigenvalue weighted by Crippen LogP contribution is -2.43. The zero-order valence-corrected chi connectivity index (χ0v) is 14.0. The third kappa shape index (κ3) is 3.70. The molecule has 3 nitrogen and oxygen atoms in total. The molecule has 0 heterocycles. The van der Waals surface area contributed by atoms with Crippen LogP contribution in [0.5, 0.6) is 11.5 Å². The monoisotopic (exact) mass is 291 g/mol. The predicted octanol–water partition coefficient (Wildman–Crippen LogP) is 4.18. The first-order valence-corrected chi connectivity index (χ1v) is 8.04. The Morgan fingerprint density at radius 2 is 1.76 bits per heavy atom. The summed E-state index contributed by atoms with van der Waals surface area (Å²) in [5, 5.41) is 3.83. The molecule has 1 aliphatic carbocycles. The van der Waals surface area contributed by atoms with Crippen LogP contribution in [-0.4, -0.2) is 20.3 Å². The summed E-state index contributed by atoms with van der Waals surface area (Å²) in [6.45, 7) is 6.95. The number of nitrogens with one attached hydrogen (secondary N) is 1. The summed E-state index contributed by atoms with van der Waals surface area (Å²) in [7, 11) is 3.40. The van der Waals surface area contributed by atoms with E-state index in [9.17, 15) is 0 Å². The fraction of sp³-hybridized carbons (Fsp3) is 0.667. The maximum absolute atomic E-state index is 5.53. The number of ether oxygens (including phenoxy) is 2. The van der Waals surface area contributed by atoms with Crippen LogP contribution >= 0.6 is 0 Å². The second-order valence-electron chi connectivity index (χ2n) is 6.41. The lowest BCUT2D eigenvalue weighted by Gasteiger charge is -2.37. The van der Waals surface area contributed by atoms with Crippen molar-refractivity contribution in [3.8, 4) is 11.5 Å². The normalized spacial score (nSPS) is 27.2. The van der Waals surface area contributed by atoms with Crippen molar-refractivity contribution < 1.29 is 9.47 Å². The first-order chi connectivity index (χ1) is 10.1. The fourth-order valence-corrected chi connectivity index (χ4v) is 3.56. The average molecular weight is 291 g/mol. The van der Waals surface area contributed by atoms with E-state index in [0.29, 0.717) is 6.04 Å². The molecule has 1 aromatic carbocycles. The minimum absolute atomic E-state index is 0.277. The van der Waals surface area contributed by atoms with Crippen LogP contribution in [0.4, 0.5) is 0 Å². The number of hydrogen-bond donors (Lipinski definition) is 1. The largest absolute Gasteiger partial charge is 0.497 e. The predicted molar refractivity (Wildman–Crippen MR) is 87.1 cm³/mol. The molecule has 0 aliphatic heterocycles. The Hall–Kier alpha value is -1.22. The van der Waals surface area contributed by atoms with Gasteiger partial charge in [0.05, 0.1) is 14.2 Å². The van der Waals surface area contributed by atoms with Crippen molar-refractivity contribution in [1.82, 2.24) is 5.32 Å². The molecule has 3 unspecified atom stereocenters. The smallest absolute Gasteiger partial charge is 0.127 e. The highest BCUT2D eigenvalue weighted by Crippen LogP contribution is 2.33. The van der Waals surface area contributed by atoms with Crippen LogP contribution in [0.2, 0.25) is 0 Å². The minimum Gasteiger partial charge on any atom is -0.497 e. The van der Waals surface area contributed by atoms with Crippen LogP contribution in [0.25, 0.3) is 0 Å².